The highest BCUT2D eigenvalue weighted by molar-refractivity contribution is 7.89. The van der Waals surface area contributed by atoms with E-state index in [1.807, 2.05) is 0 Å². The van der Waals surface area contributed by atoms with Gasteiger partial charge in [0, 0.05) is 18.0 Å². The number of pyridine rings is 1. The van der Waals surface area contributed by atoms with Gasteiger partial charge < -0.3 is 0 Å². The molecule has 0 radical (unpaired) electrons. The van der Waals surface area contributed by atoms with Gasteiger partial charge >= 0.3 is 6.18 Å². The number of hydrogen-bond acceptors (Lipinski definition) is 3. The molecule has 1 heterocycles. The molecule has 1 aromatic carbocycles. The number of halogens is 4. The van der Waals surface area contributed by atoms with Crippen LogP contribution < -0.4 is 0 Å². The minimum absolute atomic E-state index is 0.00965. The fraction of sp³-hybridized carbons (Fsp3) is 0.214. The van der Waals surface area contributed by atoms with Gasteiger partial charge in [-0.1, -0.05) is 6.07 Å². The standard InChI is InChI=1S/C14H11F4NO2S/c1-22(20,21)8-9-2-5-13(19-7-9)11-4-3-10(15)6-12(11)14(16,17)18/h2-7H,8H2,1H3. The lowest BCUT2D eigenvalue weighted by molar-refractivity contribution is -0.137. The summed E-state index contributed by atoms with van der Waals surface area (Å²) in [5.74, 6) is -1.25. The second-order valence-electron chi connectivity index (χ2n) is 4.81. The smallest absolute Gasteiger partial charge is 0.256 e. The van der Waals surface area contributed by atoms with E-state index in [-0.39, 0.29) is 17.0 Å². The Morgan fingerprint density at radius 1 is 1.14 bits per heavy atom. The van der Waals surface area contributed by atoms with Crippen LogP contribution in [0.2, 0.25) is 0 Å². The van der Waals surface area contributed by atoms with Crippen LogP contribution >= 0.6 is 0 Å². The van der Waals surface area contributed by atoms with E-state index in [0.717, 1.165) is 18.4 Å². The minimum atomic E-state index is -4.72. The molecule has 2 aromatic rings. The van der Waals surface area contributed by atoms with Crippen LogP contribution in [0.15, 0.2) is 36.5 Å². The first-order chi connectivity index (χ1) is 10.1. The van der Waals surface area contributed by atoms with Crippen molar-refractivity contribution >= 4 is 9.84 Å². The van der Waals surface area contributed by atoms with Crippen molar-refractivity contribution in [3.05, 3.63) is 53.5 Å². The van der Waals surface area contributed by atoms with E-state index in [9.17, 15) is 26.0 Å². The Morgan fingerprint density at radius 2 is 1.82 bits per heavy atom. The molecule has 0 bridgehead atoms. The normalized spacial score (nSPS) is 12.4. The molecule has 118 valence electrons. The molecule has 8 heteroatoms. The van der Waals surface area contributed by atoms with Crippen LogP contribution in [-0.2, 0) is 21.8 Å². The van der Waals surface area contributed by atoms with Crippen LogP contribution in [0.4, 0.5) is 17.6 Å². The number of nitrogens with zero attached hydrogens (tertiary/aromatic N) is 1. The van der Waals surface area contributed by atoms with Crippen molar-refractivity contribution in [2.75, 3.05) is 6.26 Å². The third-order valence-electron chi connectivity index (χ3n) is 2.82. The summed E-state index contributed by atoms with van der Waals surface area (Å²) in [6, 6.07) is 4.98. The van der Waals surface area contributed by atoms with Crippen LogP contribution in [0.5, 0.6) is 0 Å². The molecule has 1 aromatic heterocycles. The molecular formula is C14H11F4NO2S. The van der Waals surface area contributed by atoms with Crippen molar-refractivity contribution in [3.8, 4) is 11.3 Å². The van der Waals surface area contributed by atoms with Gasteiger partial charge in [0.25, 0.3) is 0 Å². The molecule has 3 nitrogen and oxygen atoms in total. The highest BCUT2D eigenvalue weighted by atomic mass is 32.2. The number of aromatic nitrogens is 1. The zero-order valence-corrected chi connectivity index (χ0v) is 12.2. The van der Waals surface area contributed by atoms with Crippen molar-refractivity contribution in [2.24, 2.45) is 0 Å². The van der Waals surface area contributed by atoms with E-state index in [0.29, 0.717) is 11.6 Å². The monoisotopic (exact) mass is 333 g/mol. The Labute approximate surface area is 124 Å². The van der Waals surface area contributed by atoms with E-state index in [1.54, 1.807) is 0 Å². The van der Waals surface area contributed by atoms with E-state index in [4.69, 9.17) is 0 Å². The first-order valence-corrected chi connectivity index (χ1v) is 8.12. The summed E-state index contributed by atoms with van der Waals surface area (Å²) in [6.07, 6.45) is -2.48. The summed E-state index contributed by atoms with van der Waals surface area (Å²) in [5, 5.41) is 0. The lowest BCUT2D eigenvalue weighted by Crippen LogP contribution is -2.08. The summed E-state index contributed by atoms with van der Waals surface area (Å²) >= 11 is 0. The average Bonchev–Trinajstić information content (AvgIpc) is 2.37. The Kier molecular flexibility index (Phi) is 4.23. The number of rotatable bonds is 3. The van der Waals surface area contributed by atoms with Crippen molar-refractivity contribution in [1.29, 1.82) is 0 Å². The predicted octanol–water partition coefficient (Wildman–Crippen LogP) is 3.45. The predicted molar refractivity (Wildman–Crippen MR) is 73.2 cm³/mol. The van der Waals surface area contributed by atoms with Crippen molar-refractivity contribution in [1.82, 2.24) is 4.98 Å². The largest absolute Gasteiger partial charge is 0.417 e. The van der Waals surface area contributed by atoms with E-state index in [2.05, 4.69) is 4.98 Å². The van der Waals surface area contributed by atoms with Gasteiger partial charge in [0.1, 0.15) is 5.82 Å². The van der Waals surface area contributed by atoms with Crippen LogP contribution in [-0.4, -0.2) is 19.7 Å². The lowest BCUT2D eigenvalue weighted by Gasteiger charge is -2.12. The Morgan fingerprint density at radius 3 is 2.32 bits per heavy atom. The quantitative estimate of drug-likeness (QED) is 0.808. The molecule has 0 aliphatic rings. The molecule has 2 rings (SSSR count). The molecule has 22 heavy (non-hydrogen) atoms. The Bertz CT molecular complexity index is 783. The maximum atomic E-state index is 13.1. The van der Waals surface area contributed by atoms with Crippen molar-refractivity contribution < 1.29 is 26.0 Å². The fourth-order valence-corrected chi connectivity index (χ4v) is 2.72. The van der Waals surface area contributed by atoms with Gasteiger partial charge in [0.15, 0.2) is 9.84 Å². The molecule has 0 aliphatic heterocycles. The van der Waals surface area contributed by atoms with E-state index < -0.39 is 27.4 Å². The van der Waals surface area contributed by atoms with Gasteiger partial charge in [0.05, 0.1) is 17.0 Å². The van der Waals surface area contributed by atoms with Gasteiger partial charge in [-0.15, -0.1) is 0 Å². The summed E-state index contributed by atoms with van der Waals surface area (Å²) < 4.78 is 74.2. The third kappa shape index (κ3) is 4.03. The van der Waals surface area contributed by atoms with Gasteiger partial charge in [-0.2, -0.15) is 13.2 Å². The minimum Gasteiger partial charge on any atom is -0.256 e. The van der Waals surface area contributed by atoms with Crippen LogP contribution in [0.1, 0.15) is 11.1 Å². The molecule has 0 fully saturated rings. The molecule has 0 N–H and O–H groups in total. The van der Waals surface area contributed by atoms with Gasteiger partial charge in [0.2, 0.25) is 0 Å². The Hall–Kier alpha value is -1.96. The molecule has 0 atom stereocenters. The number of sulfone groups is 1. The lowest BCUT2D eigenvalue weighted by atomic mass is 10.0. The maximum absolute atomic E-state index is 13.1. The first kappa shape index (κ1) is 16.4. The van der Waals surface area contributed by atoms with Crippen LogP contribution in [0.25, 0.3) is 11.3 Å². The number of hydrogen-bond donors (Lipinski definition) is 0. The fourth-order valence-electron chi connectivity index (χ4n) is 1.95. The maximum Gasteiger partial charge on any atom is 0.417 e. The van der Waals surface area contributed by atoms with Crippen molar-refractivity contribution in [3.63, 3.8) is 0 Å². The molecule has 0 saturated carbocycles. The summed E-state index contributed by atoms with van der Waals surface area (Å²) in [6.45, 7) is 0. The molecule has 0 aliphatic carbocycles. The Balaban J connectivity index is 2.45. The number of alkyl halides is 3. The molecule has 0 amide bonds. The van der Waals surface area contributed by atoms with Gasteiger partial charge in [-0.3, -0.25) is 4.98 Å². The van der Waals surface area contributed by atoms with E-state index >= 15 is 0 Å². The molecule has 0 spiro atoms. The van der Waals surface area contributed by atoms with Crippen LogP contribution in [0.3, 0.4) is 0 Å². The third-order valence-corrected chi connectivity index (χ3v) is 3.67. The molecule has 0 unspecified atom stereocenters. The molecule has 0 saturated heterocycles. The SMILES string of the molecule is CS(=O)(=O)Cc1ccc(-c2ccc(F)cc2C(F)(F)F)nc1. The average molecular weight is 333 g/mol. The zero-order chi connectivity index (χ0) is 16.5. The second kappa shape index (κ2) is 5.68. The topological polar surface area (TPSA) is 47.0 Å². The summed E-state index contributed by atoms with van der Waals surface area (Å²) in [5.41, 5.74) is -1.04. The number of benzene rings is 1. The van der Waals surface area contributed by atoms with Crippen LogP contribution in [0, 0.1) is 5.82 Å². The van der Waals surface area contributed by atoms with E-state index in [1.165, 1.54) is 18.3 Å². The summed E-state index contributed by atoms with van der Waals surface area (Å²) in [4.78, 5) is 3.85. The highest BCUT2D eigenvalue weighted by Crippen LogP contribution is 2.36. The second-order valence-corrected chi connectivity index (χ2v) is 6.95. The van der Waals surface area contributed by atoms with Gasteiger partial charge in [-0.25, -0.2) is 12.8 Å². The summed E-state index contributed by atoms with van der Waals surface area (Å²) in [7, 11) is -3.26. The van der Waals surface area contributed by atoms with Crippen molar-refractivity contribution in [2.45, 2.75) is 11.9 Å². The highest BCUT2D eigenvalue weighted by Gasteiger charge is 2.34. The molecular weight excluding hydrogens is 322 g/mol. The van der Waals surface area contributed by atoms with Gasteiger partial charge in [-0.05, 0) is 29.8 Å². The zero-order valence-electron chi connectivity index (χ0n) is 11.4. The first-order valence-electron chi connectivity index (χ1n) is 6.06.